The molecule has 0 bridgehead atoms. The van der Waals surface area contributed by atoms with Crippen molar-refractivity contribution in [3.8, 4) is 0 Å². The Morgan fingerprint density at radius 3 is 2.95 bits per heavy atom. The average molecular weight is 326 g/mol. The number of hydrogen-bond donors (Lipinski definition) is 1. The van der Waals surface area contributed by atoms with Crippen LogP contribution < -0.4 is 5.32 Å². The lowest BCUT2D eigenvalue weighted by molar-refractivity contribution is -0.385. The SMILES string of the molecule is O=[N+]([O-])c1cnc(NCCC2=CCCCC2)c(Br)c1. The van der Waals surface area contributed by atoms with Crippen LogP contribution in [0, 0.1) is 10.1 Å². The summed E-state index contributed by atoms with van der Waals surface area (Å²) in [5.41, 5.74) is 1.49. The summed E-state index contributed by atoms with van der Waals surface area (Å²) in [5.74, 6) is 0.655. The fourth-order valence-electron chi connectivity index (χ4n) is 2.13. The molecule has 0 saturated heterocycles. The molecule has 0 saturated carbocycles. The van der Waals surface area contributed by atoms with E-state index in [9.17, 15) is 10.1 Å². The second-order valence-corrected chi connectivity index (χ2v) is 5.42. The number of halogens is 1. The molecule has 2 rings (SSSR count). The highest BCUT2D eigenvalue weighted by Gasteiger charge is 2.10. The molecule has 19 heavy (non-hydrogen) atoms. The highest BCUT2D eigenvalue weighted by Crippen LogP contribution is 2.25. The van der Waals surface area contributed by atoms with Gasteiger partial charge in [-0.1, -0.05) is 11.6 Å². The van der Waals surface area contributed by atoms with Crippen LogP contribution in [-0.2, 0) is 0 Å². The van der Waals surface area contributed by atoms with Gasteiger partial charge in [0.1, 0.15) is 12.0 Å². The van der Waals surface area contributed by atoms with Gasteiger partial charge in [-0.15, -0.1) is 0 Å². The minimum atomic E-state index is -0.450. The first-order valence-corrected chi connectivity index (χ1v) is 7.18. The molecule has 1 N–H and O–H groups in total. The van der Waals surface area contributed by atoms with Crippen molar-refractivity contribution in [1.29, 1.82) is 0 Å². The highest BCUT2D eigenvalue weighted by atomic mass is 79.9. The first-order valence-electron chi connectivity index (χ1n) is 6.38. The third-order valence-corrected chi connectivity index (χ3v) is 3.77. The van der Waals surface area contributed by atoms with Gasteiger partial charge in [-0.25, -0.2) is 4.98 Å². The van der Waals surface area contributed by atoms with E-state index >= 15 is 0 Å². The zero-order chi connectivity index (χ0) is 13.7. The molecule has 0 atom stereocenters. The van der Waals surface area contributed by atoms with Crippen molar-refractivity contribution in [2.45, 2.75) is 32.1 Å². The number of aromatic nitrogens is 1. The highest BCUT2D eigenvalue weighted by molar-refractivity contribution is 9.10. The van der Waals surface area contributed by atoms with Crippen molar-refractivity contribution in [2.75, 3.05) is 11.9 Å². The van der Waals surface area contributed by atoms with Gasteiger partial charge < -0.3 is 5.32 Å². The summed E-state index contributed by atoms with van der Waals surface area (Å²) in [6.45, 7) is 0.801. The Morgan fingerprint density at radius 1 is 1.47 bits per heavy atom. The van der Waals surface area contributed by atoms with Crippen molar-refractivity contribution < 1.29 is 4.92 Å². The fraction of sp³-hybridized carbons (Fsp3) is 0.462. The number of pyridine rings is 1. The van der Waals surface area contributed by atoms with E-state index in [1.54, 1.807) is 0 Å². The van der Waals surface area contributed by atoms with Crippen molar-refractivity contribution in [3.63, 3.8) is 0 Å². The van der Waals surface area contributed by atoms with E-state index in [0.29, 0.717) is 10.3 Å². The number of nitro groups is 1. The normalized spacial score (nSPS) is 14.9. The number of nitrogens with one attached hydrogen (secondary N) is 1. The van der Waals surface area contributed by atoms with Crippen LogP contribution in [0.4, 0.5) is 11.5 Å². The molecule has 1 heterocycles. The van der Waals surface area contributed by atoms with Crippen LogP contribution in [0.1, 0.15) is 32.1 Å². The Kier molecular flexibility index (Phi) is 4.90. The van der Waals surface area contributed by atoms with Crippen LogP contribution in [0.2, 0.25) is 0 Å². The molecular formula is C13H16BrN3O2. The summed E-state index contributed by atoms with van der Waals surface area (Å²) in [7, 11) is 0. The Morgan fingerprint density at radius 2 is 2.32 bits per heavy atom. The van der Waals surface area contributed by atoms with Crippen molar-refractivity contribution >= 4 is 27.4 Å². The molecule has 1 aliphatic carbocycles. The minimum absolute atomic E-state index is 0.00702. The monoisotopic (exact) mass is 325 g/mol. The lowest BCUT2D eigenvalue weighted by Gasteiger charge is -2.13. The topological polar surface area (TPSA) is 68.1 Å². The Hall–Kier alpha value is -1.43. The lowest BCUT2D eigenvalue weighted by Crippen LogP contribution is -2.06. The first-order chi connectivity index (χ1) is 9.16. The van der Waals surface area contributed by atoms with E-state index in [0.717, 1.165) is 13.0 Å². The molecular weight excluding hydrogens is 310 g/mol. The Labute approximate surface area is 120 Å². The molecule has 0 fully saturated rings. The van der Waals surface area contributed by atoms with Crippen LogP contribution in [0.15, 0.2) is 28.4 Å². The molecule has 0 radical (unpaired) electrons. The number of anilines is 1. The van der Waals surface area contributed by atoms with Crippen LogP contribution >= 0.6 is 15.9 Å². The van der Waals surface area contributed by atoms with Gasteiger partial charge in [0.2, 0.25) is 0 Å². The number of nitrogens with zero attached hydrogens (tertiary/aromatic N) is 2. The molecule has 0 unspecified atom stereocenters. The summed E-state index contributed by atoms with van der Waals surface area (Å²) in [4.78, 5) is 14.2. The third kappa shape index (κ3) is 4.02. The maximum absolute atomic E-state index is 10.6. The molecule has 0 amide bonds. The predicted molar refractivity (Wildman–Crippen MR) is 78.2 cm³/mol. The molecule has 0 aromatic carbocycles. The number of hydrogen-bond acceptors (Lipinski definition) is 4. The number of rotatable bonds is 5. The molecule has 1 aromatic rings. The van der Waals surface area contributed by atoms with Crippen molar-refractivity contribution in [1.82, 2.24) is 4.98 Å². The smallest absolute Gasteiger partial charge is 0.288 e. The van der Waals surface area contributed by atoms with Gasteiger partial charge in [-0.2, -0.15) is 0 Å². The summed E-state index contributed by atoms with van der Waals surface area (Å²) in [5, 5.41) is 13.8. The van der Waals surface area contributed by atoms with Gasteiger partial charge in [0.05, 0.1) is 9.40 Å². The molecule has 6 heteroatoms. The molecule has 1 aromatic heterocycles. The first kappa shape index (κ1) is 14.0. The van der Waals surface area contributed by atoms with Crippen LogP contribution in [0.3, 0.4) is 0 Å². The third-order valence-electron chi connectivity index (χ3n) is 3.16. The molecule has 1 aliphatic rings. The molecule has 5 nitrogen and oxygen atoms in total. The zero-order valence-electron chi connectivity index (χ0n) is 10.6. The summed E-state index contributed by atoms with van der Waals surface area (Å²) in [6.07, 6.45) is 9.56. The van der Waals surface area contributed by atoms with E-state index in [1.165, 1.54) is 43.5 Å². The standard InChI is InChI=1S/C13H16BrN3O2/c14-12-8-11(17(18)19)9-16-13(12)15-7-6-10-4-2-1-3-5-10/h4,8-9H,1-3,5-7H2,(H,15,16). The van der Waals surface area contributed by atoms with E-state index in [2.05, 4.69) is 32.3 Å². The van der Waals surface area contributed by atoms with E-state index in [4.69, 9.17) is 0 Å². The fourth-order valence-corrected chi connectivity index (χ4v) is 2.61. The van der Waals surface area contributed by atoms with Crippen LogP contribution in [0.5, 0.6) is 0 Å². The average Bonchev–Trinajstić information content (AvgIpc) is 2.41. The van der Waals surface area contributed by atoms with Crippen molar-refractivity contribution in [2.24, 2.45) is 0 Å². The second kappa shape index (κ2) is 6.65. The molecule has 0 aliphatic heterocycles. The summed E-state index contributed by atoms with van der Waals surface area (Å²) >= 11 is 3.30. The second-order valence-electron chi connectivity index (χ2n) is 4.57. The molecule has 0 spiro atoms. The van der Waals surface area contributed by atoms with Gasteiger partial charge >= 0.3 is 0 Å². The van der Waals surface area contributed by atoms with Crippen molar-refractivity contribution in [3.05, 3.63) is 38.5 Å². The van der Waals surface area contributed by atoms with Gasteiger partial charge in [-0.05, 0) is 48.0 Å². The Bertz CT molecular complexity index is 503. The zero-order valence-corrected chi connectivity index (χ0v) is 12.1. The summed E-state index contributed by atoms with van der Waals surface area (Å²) < 4.78 is 0.624. The van der Waals surface area contributed by atoms with Crippen LogP contribution in [0.25, 0.3) is 0 Å². The van der Waals surface area contributed by atoms with Gasteiger partial charge in [-0.3, -0.25) is 10.1 Å². The van der Waals surface area contributed by atoms with E-state index < -0.39 is 4.92 Å². The predicted octanol–water partition coefficient (Wildman–Crippen LogP) is 4.05. The van der Waals surface area contributed by atoms with Gasteiger partial charge in [0.25, 0.3) is 5.69 Å². The van der Waals surface area contributed by atoms with E-state index in [1.807, 2.05) is 0 Å². The summed E-state index contributed by atoms with van der Waals surface area (Å²) in [6, 6.07) is 1.47. The molecule has 102 valence electrons. The van der Waals surface area contributed by atoms with Gasteiger partial charge in [0, 0.05) is 12.6 Å². The maximum atomic E-state index is 10.6. The maximum Gasteiger partial charge on any atom is 0.288 e. The largest absolute Gasteiger partial charge is 0.369 e. The van der Waals surface area contributed by atoms with Crippen LogP contribution in [-0.4, -0.2) is 16.5 Å². The quantitative estimate of drug-likeness (QED) is 0.503. The van der Waals surface area contributed by atoms with E-state index in [-0.39, 0.29) is 5.69 Å². The number of allylic oxidation sites excluding steroid dienone is 1. The van der Waals surface area contributed by atoms with Gasteiger partial charge in [0.15, 0.2) is 0 Å². The lowest BCUT2D eigenvalue weighted by atomic mass is 9.97. The minimum Gasteiger partial charge on any atom is -0.369 e. The Balaban J connectivity index is 1.89.